The average Bonchev–Trinajstić information content (AvgIpc) is 3.87. The van der Waals surface area contributed by atoms with Gasteiger partial charge in [-0.05, 0) is 48.5 Å². The van der Waals surface area contributed by atoms with Gasteiger partial charge in [-0.2, -0.15) is 20.4 Å². The Morgan fingerprint density at radius 3 is 0.761 bits per heavy atom. The van der Waals surface area contributed by atoms with Crippen molar-refractivity contribution in [1.29, 1.82) is 0 Å². The van der Waals surface area contributed by atoms with E-state index in [0.717, 1.165) is 44.6 Å². The van der Waals surface area contributed by atoms with Gasteiger partial charge in [-0.25, -0.2) is 28.7 Å². The summed E-state index contributed by atoms with van der Waals surface area (Å²) in [5.74, 6) is 3.10. The third kappa shape index (κ3) is 15.9. The van der Waals surface area contributed by atoms with E-state index in [4.69, 9.17) is 40.5 Å². The zero-order valence-electron chi connectivity index (χ0n) is 23.3. The molecule has 0 saturated heterocycles. The van der Waals surface area contributed by atoms with Gasteiger partial charge in [-0.1, -0.05) is 12.1 Å². The molecule has 6 rings (SSSR count). The van der Waals surface area contributed by atoms with Crippen molar-refractivity contribution in [2.75, 3.05) is 0 Å². The van der Waals surface area contributed by atoms with E-state index in [0.29, 0.717) is 0 Å². The van der Waals surface area contributed by atoms with Crippen LogP contribution in [0.5, 0.6) is 0 Å². The van der Waals surface area contributed by atoms with E-state index >= 15 is 0 Å². The molecule has 228 valence electrons. The third-order valence-corrected chi connectivity index (χ3v) is 4.40. The maximum Gasteiger partial charge on any atom is 2.00 e. The Bertz CT molecular complexity index is 1360. The number of nitrogens with zero attached hydrogens (tertiary/aromatic N) is 14. The minimum absolute atomic E-state index is 0. The van der Waals surface area contributed by atoms with Gasteiger partial charge < -0.3 is 40.5 Å². The summed E-state index contributed by atoms with van der Waals surface area (Å²) >= 11 is 0. The smallest absolute Gasteiger partial charge is 0.444 e. The van der Waals surface area contributed by atoms with Gasteiger partial charge in [-0.3, -0.25) is 0 Å². The maximum absolute atomic E-state index is 8.00. The fraction of sp³-hybridized carbons (Fsp3) is 0. The van der Waals surface area contributed by atoms with Crippen LogP contribution in [0.2, 0.25) is 0 Å². The number of rotatable bonds is 4. The van der Waals surface area contributed by atoms with Crippen molar-refractivity contribution in [2.24, 2.45) is 21.4 Å². The van der Waals surface area contributed by atoms with Crippen LogP contribution in [0.15, 0.2) is 132 Å². The molecule has 6 aromatic rings. The van der Waals surface area contributed by atoms with E-state index in [9.17, 15) is 0 Å². The first-order valence-electron chi connectivity index (χ1n) is 11.3. The van der Waals surface area contributed by atoms with Gasteiger partial charge in [0.15, 0.2) is 23.3 Å². The Morgan fingerprint density at radius 2 is 0.609 bits per heavy atom. The molecule has 0 aliphatic carbocycles. The molecule has 24 heteroatoms. The second-order valence-electron chi connectivity index (χ2n) is 6.81. The van der Waals surface area contributed by atoms with Crippen LogP contribution in [0.1, 0.15) is 0 Å². The van der Waals surface area contributed by atoms with E-state index in [2.05, 4.69) is 30.4 Å². The van der Waals surface area contributed by atoms with Crippen molar-refractivity contribution in [1.82, 2.24) is 49.1 Å². The van der Waals surface area contributed by atoms with E-state index in [1.165, 1.54) is 0 Å². The van der Waals surface area contributed by atoms with Crippen LogP contribution in [0.25, 0.3) is 23.3 Å². The molecule has 46 heavy (non-hydrogen) atoms. The molecule has 0 aliphatic heterocycles. The number of hydrogen-bond acceptors (Lipinski definition) is 18. The molecule has 0 atom stereocenters. The third-order valence-electron chi connectivity index (χ3n) is 4.40. The Balaban J connectivity index is 0. The van der Waals surface area contributed by atoms with Gasteiger partial charge >= 0.3 is 54.6 Å². The molecular formula is C22H18Cd2N14O8. The van der Waals surface area contributed by atoms with Crippen molar-refractivity contribution < 1.29 is 54.6 Å². The maximum atomic E-state index is 8.00. The summed E-state index contributed by atoms with van der Waals surface area (Å²) in [5.41, 5.74) is 0. The van der Waals surface area contributed by atoms with Gasteiger partial charge in [0.05, 0.1) is 0 Å². The molecule has 0 unspecified atom stereocenters. The molecule has 22 nitrogen and oxygen atoms in total. The first-order chi connectivity index (χ1) is 21.5. The van der Waals surface area contributed by atoms with E-state index in [-0.39, 0.29) is 54.6 Å². The first kappa shape index (κ1) is 42.7. The van der Waals surface area contributed by atoms with E-state index in [1.54, 1.807) is 43.5 Å². The van der Waals surface area contributed by atoms with Crippen LogP contribution in [-0.2, 0) is 54.6 Å². The van der Waals surface area contributed by atoms with E-state index < -0.39 is 0 Å². The fourth-order valence-corrected chi connectivity index (χ4v) is 2.95. The van der Waals surface area contributed by atoms with Crippen molar-refractivity contribution in [2.45, 2.75) is 0 Å². The second kappa shape index (κ2) is 27.2. The van der Waals surface area contributed by atoms with Crippen molar-refractivity contribution in [3.63, 3.8) is 0 Å². The quantitative estimate of drug-likeness (QED) is 0.138. The molecule has 0 N–H and O–H groups in total. The average molecular weight is 831 g/mol. The molecule has 0 amide bonds. The topological polar surface area (TPSA) is 307 Å². The Kier molecular flexibility index (Phi) is 25.2. The predicted molar refractivity (Wildman–Crippen MR) is 154 cm³/mol. The normalized spacial score (nSPS) is 8.35. The minimum Gasteiger partial charge on any atom is -0.444 e. The van der Waals surface area contributed by atoms with E-state index in [1.807, 2.05) is 85.5 Å². The van der Waals surface area contributed by atoms with Crippen molar-refractivity contribution in [3.05, 3.63) is 151 Å². The SMILES string of the molecule is O=N[O-].O=N[O-].O=N[O-].O=N[O-].[Cd+2].[Cd+2].c1cc(-n2cccn2)nc(-n2cccn2)c1.c1cc(-n2cccn2)nc(-n2cccn2)c1. The fourth-order valence-electron chi connectivity index (χ4n) is 2.95. The molecule has 0 saturated carbocycles. The number of hydrogen-bond donors (Lipinski definition) is 0. The first-order valence-corrected chi connectivity index (χ1v) is 11.3. The van der Waals surface area contributed by atoms with Gasteiger partial charge in [0.2, 0.25) is 0 Å². The molecule has 6 heterocycles. The van der Waals surface area contributed by atoms with Gasteiger partial charge in [0.1, 0.15) is 0 Å². The molecule has 0 aromatic carbocycles. The van der Waals surface area contributed by atoms with Gasteiger partial charge in [0.25, 0.3) is 0 Å². The summed E-state index contributed by atoms with van der Waals surface area (Å²) in [6.45, 7) is 0. The van der Waals surface area contributed by atoms with Crippen LogP contribution in [0, 0.1) is 40.5 Å². The Hall–Kier alpha value is -5.42. The molecule has 0 bridgehead atoms. The van der Waals surface area contributed by atoms with Crippen LogP contribution >= 0.6 is 0 Å². The number of aromatic nitrogens is 10. The largest absolute Gasteiger partial charge is 2.00 e. The minimum atomic E-state index is 0. The van der Waals surface area contributed by atoms with Crippen LogP contribution < -0.4 is 0 Å². The number of pyridine rings is 2. The molecule has 0 radical (unpaired) electrons. The van der Waals surface area contributed by atoms with Crippen molar-refractivity contribution in [3.8, 4) is 23.3 Å². The molecule has 0 spiro atoms. The Labute approximate surface area is 297 Å². The van der Waals surface area contributed by atoms with Crippen LogP contribution in [-0.4, -0.2) is 49.1 Å². The summed E-state index contributed by atoms with van der Waals surface area (Å²) in [6.07, 6.45) is 14.3. The van der Waals surface area contributed by atoms with Crippen LogP contribution in [0.3, 0.4) is 0 Å². The van der Waals surface area contributed by atoms with Gasteiger partial charge in [-0.15, -0.1) is 21.4 Å². The van der Waals surface area contributed by atoms with Crippen molar-refractivity contribution >= 4 is 0 Å². The van der Waals surface area contributed by atoms with Gasteiger partial charge in [0, 0.05) is 49.6 Å². The molecule has 0 fully saturated rings. The summed E-state index contributed by atoms with van der Waals surface area (Å²) in [6, 6.07) is 18.9. The summed E-state index contributed by atoms with van der Waals surface area (Å²) in [4.78, 5) is 40.9. The second-order valence-corrected chi connectivity index (χ2v) is 6.81. The summed E-state index contributed by atoms with van der Waals surface area (Å²) in [5, 5.41) is 52.5. The van der Waals surface area contributed by atoms with Crippen LogP contribution in [0.4, 0.5) is 0 Å². The summed E-state index contributed by atoms with van der Waals surface area (Å²) in [7, 11) is 0. The molecule has 6 aromatic heterocycles. The molecular weight excluding hydrogens is 813 g/mol. The molecule has 0 aliphatic rings. The standard InChI is InChI=1S/2C11H9N5.2Cd.4HNO2/c2*1-4-10(15-8-2-6-12-15)14-11(5-1)16-9-3-7-13-16;;;4*2-1-3/h2*1-9H;;;4*(H,2,3)/q;;2*+2;;;;/p-4. The monoisotopic (exact) mass is 834 g/mol. The zero-order valence-corrected chi connectivity index (χ0v) is 31.4. The predicted octanol–water partition coefficient (Wildman–Crippen LogP) is 3.90. The zero-order chi connectivity index (χ0) is 32.4. The summed E-state index contributed by atoms with van der Waals surface area (Å²) < 4.78 is 6.86. The Morgan fingerprint density at radius 1 is 0.413 bits per heavy atom.